The molecular formula is C8H6F2O5S. The van der Waals surface area contributed by atoms with Crippen LogP contribution in [0.1, 0.15) is 10.4 Å². The van der Waals surface area contributed by atoms with Gasteiger partial charge < -0.3 is 9.84 Å². The lowest BCUT2D eigenvalue weighted by atomic mass is 10.2. The summed E-state index contributed by atoms with van der Waals surface area (Å²) >= 11 is 0. The van der Waals surface area contributed by atoms with Crippen LogP contribution in [0, 0.1) is 5.82 Å². The Morgan fingerprint density at radius 3 is 2.38 bits per heavy atom. The Hall–Kier alpha value is -1.70. The molecule has 1 rings (SSSR count). The van der Waals surface area contributed by atoms with Crippen molar-refractivity contribution in [2.75, 3.05) is 7.11 Å². The second-order valence-electron chi connectivity index (χ2n) is 2.73. The lowest BCUT2D eigenvalue weighted by molar-refractivity contribution is 0.0691. The summed E-state index contributed by atoms with van der Waals surface area (Å²) in [4.78, 5) is 9.48. The summed E-state index contributed by atoms with van der Waals surface area (Å²) in [5, 5.41) is 8.52. The van der Waals surface area contributed by atoms with Crippen LogP contribution in [0.3, 0.4) is 0 Å². The van der Waals surface area contributed by atoms with Crippen LogP contribution in [0.15, 0.2) is 17.0 Å². The summed E-state index contributed by atoms with van der Waals surface area (Å²) in [7, 11) is -4.17. The Bertz CT molecular complexity index is 538. The highest BCUT2D eigenvalue weighted by Crippen LogP contribution is 2.28. The van der Waals surface area contributed by atoms with E-state index in [1.54, 1.807) is 0 Å². The predicted octanol–water partition coefficient (Wildman–Crippen LogP) is 1.19. The molecule has 0 fully saturated rings. The summed E-state index contributed by atoms with van der Waals surface area (Å²) in [6.07, 6.45) is 0. The van der Waals surface area contributed by atoms with Crippen LogP contribution in [-0.2, 0) is 10.2 Å². The third-order valence-electron chi connectivity index (χ3n) is 1.75. The zero-order valence-corrected chi connectivity index (χ0v) is 8.72. The monoisotopic (exact) mass is 252 g/mol. The molecule has 0 heterocycles. The van der Waals surface area contributed by atoms with Crippen molar-refractivity contribution in [1.29, 1.82) is 0 Å². The molecule has 0 aromatic heterocycles. The fourth-order valence-electron chi connectivity index (χ4n) is 1.05. The number of halogens is 2. The molecule has 0 aliphatic heterocycles. The van der Waals surface area contributed by atoms with E-state index in [1.165, 1.54) is 0 Å². The molecule has 8 heteroatoms. The van der Waals surface area contributed by atoms with E-state index in [0.29, 0.717) is 12.1 Å². The molecule has 0 radical (unpaired) electrons. The number of methoxy groups -OCH3 is 1. The highest BCUT2D eigenvalue weighted by Gasteiger charge is 2.23. The third kappa shape index (κ3) is 2.27. The summed E-state index contributed by atoms with van der Waals surface area (Å²) in [5.41, 5.74) is -0.947. The molecule has 5 nitrogen and oxygen atoms in total. The lowest BCUT2D eigenvalue weighted by Crippen LogP contribution is -2.05. The molecular weight excluding hydrogens is 246 g/mol. The van der Waals surface area contributed by atoms with Crippen LogP contribution in [0.5, 0.6) is 5.75 Å². The molecule has 0 atom stereocenters. The Balaban J connectivity index is 3.60. The first-order valence-electron chi connectivity index (χ1n) is 3.83. The summed E-state index contributed by atoms with van der Waals surface area (Å²) in [6, 6.07) is 0.863. The number of benzene rings is 1. The largest absolute Gasteiger partial charge is 0.495 e. The number of ether oxygens (including phenoxy) is 1. The smallest absolute Gasteiger partial charge is 0.338 e. The maximum absolute atomic E-state index is 13.1. The van der Waals surface area contributed by atoms with Gasteiger partial charge in [-0.3, -0.25) is 0 Å². The standard InChI is InChI=1S/C8H6F2O5S/c1-15-6-3-5(9)4(8(11)12)2-7(6)16(10,13)14/h2-3H,1H3,(H,11,12). The predicted molar refractivity (Wildman–Crippen MR) is 48.2 cm³/mol. The molecule has 0 aliphatic carbocycles. The van der Waals surface area contributed by atoms with Gasteiger partial charge >= 0.3 is 16.2 Å². The zero-order valence-electron chi connectivity index (χ0n) is 7.90. The van der Waals surface area contributed by atoms with Crippen molar-refractivity contribution in [2.45, 2.75) is 4.90 Å². The van der Waals surface area contributed by atoms with Gasteiger partial charge in [-0.15, -0.1) is 3.89 Å². The number of hydrogen-bond donors (Lipinski definition) is 1. The van der Waals surface area contributed by atoms with E-state index in [0.717, 1.165) is 7.11 Å². The van der Waals surface area contributed by atoms with Crippen molar-refractivity contribution < 1.29 is 31.3 Å². The highest BCUT2D eigenvalue weighted by atomic mass is 32.3. The van der Waals surface area contributed by atoms with E-state index in [1.807, 2.05) is 0 Å². The number of hydrogen-bond acceptors (Lipinski definition) is 4. The molecule has 0 unspecified atom stereocenters. The van der Waals surface area contributed by atoms with Crippen molar-refractivity contribution in [2.24, 2.45) is 0 Å². The molecule has 1 aromatic rings. The Kier molecular flexibility index (Phi) is 3.13. The van der Waals surface area contributed by atoms with Crippen LogP contribution in [-0.4, -0.2) is 26.6 Å². The first-order valence-corrected chi connectivity index (χ1v) is 5.21. The van der Waals surface area contributed by atoms with Gasteiger partial charge in [-0.1, -0.05) is 0 Å². The maximum Gasteiger partial charge on any atom is 0.338 e. The van der Waals surface area contributed by atoms with Gasteiger partial charge in [-0.2, -0.15) is 8.42 Å². The van der Waals surface area contributed by atoms with Crippen molar-refractivity contribution in [3.8, 4) is 5.75 Å². The van der Waals surface area contributed by atoms with E-state index >= 15 is 0 Å². The number of rotatable bonds is 3. The van der Waals surface area contributed by atoms with Gasteiger partial charge in [-0.25, -0.2) is 9.18 Å². The van der Waals surface area contributed by atoms with E-state index in [4.69, 9.17) is 5.11 Å². The van der Waals surface area contributed by atoms with Gasteiger partial charge in [0.1, 0.15) is 16.5 Å². The molecule has 0 bridgehead atoms. The third-order valence-corrected chi connectivity index (χ3v) is 2.59. The fourth-order valence-corrected chi connectivity index (χ4v) is 1.69. The first kappa shape index (κ1) is 12.4. The number of carbonyl (C=O) groups is 1. The number of carboxylic acid groups (broad SMARTS) is 1. The summed E-state index contributed by atoms with van der Waals surface area (Å²) in [6.45, 7) is 0. The average molecular weight is 252 g/mol. The summed E-state index contributed by atoms with van der Waals surface area (Å²) < 4.78 is 51.5. The van der Waals surface area contributed by atoms with E-state index in [9.17, 15) is 21.5 Å². The van der Waals surface area contributed by atoms with Gasteiger partial charge in [0.25, 0.3) is 0 Å². The molecule has 0 spiro atoms. The van der Waals surface area contributed by atoms with Crippen LogP contribution in [0.4, 0.5) is 8.28 Å². The second kappa shape index (κ2) is 4.05. The van der Waals surface area contributed by atoms with Gasteiger partial charge in [0.2, 0.25) is 0 Å². The Labute approximate surface area is 89.5 Å². The van der Waals surface area contributed by atoms with E-state index in [-0.39, 0.29) is 0 Å². The van der Waals surface area contributed by atoms with E-state index < -0.39 is 38.2 Å². The van der Waals surface area contributed by atoms with E-state index in [2.05, 4.69) is 4.74 Å². The lowest BCUT2D eigenvalue weighted by Gasteiger charge is -2.06. The molecule has 1 N–H and O–H groups in total. The quantitative estimate of drug-likeness (QED) is 0.817. The Morgan fingerprint density at radius 2 is 2.00 bits per heavy atom. The summed E-state index contributed by atoms with van der Waals surface area (Å²) in [5.74, 6) is -3.51. The van der Waals surface area contributed by atoms with Gasteiger partial charge in [-0.05, 0) is 6.07 Å². The molecule has 1 aromatic carbocycles. The van der Waals surface area contributed by atoms with Gasteiger partial charge in [0.15, 0.2) is 0 Å². The van der Waals surface area contributed by atoms with Gasteiger partial charge in [0, 0.05) is 6.07 Å². The molecule has 0 aliphatic rings. The molecule has 88 valence electrons. The minimum Gasteiger partial charge on any atom is -0.495 e. The molecule has 16 heavy (non-hydrogen) atoms. The van der Waals surface area contributed by atoms with Crippen molar-refractivity contribution in [3.05, 3.63) is 23.5 Å². The molecule has 0 saturated carbocycles. The van der Waals surface area contributed by atoms with Crippen molar-refractivity contribution in [3.63, 3.8) is 0 Å². The number of aromatic carboxylic acids is 1. The SMILES string of the molecule is COc1cc(F)c(C(=O)O)cc1S(=O)(=O)F. The molecule has 0 saturated heterocycles. The van der Waals surface area contributed by atoms with Crippen molar-refractivity contribution >= 4 is 16.2 Å². The van der Waals surface area contributed by atoms with Crippen LogP contribution in [0.25, 0.3) is 0 Å². The second-order valence-corrected chi connectivity index (χ2v) is 4.04. The normalized spacial score (nSPS) is 11.2. The minimum absolute atomic E-state index is 0.367. The Morgan fingerprint density at radius 1 is 1.44 bits per heavy atom. The number of carboxylic acids is 1. The first-order chi connectivity index (χ1) is 7.27. The van der Waals surface area contributed by atoms with Gasteiger partial charge in [0.05, 0.1) is 12.7 Å². The zero-order chi connectivity index (χ0) is 12.5. The van der Waals surface area contributed by atoms with Crippen LogP contribution in [0.2, 0.25) is 0 Å². The average Bonchev–Trinajstić information content (AvgIpc) is 2.14. The van der Waals surface area contributed by atoms with Crippen LogP contribution < -0.4 is 4.74 Å². The highest BCUT2D eigenvalue weighted by molar-refractivity contribution is 7.86. The van der Waals surface area contributed by atoms with Crippen molar-refractivity contribution in [1.82, 2.24) is 0 Å². The van der Waals surface area contributed by atoms with Crippen LogP contribution >= 0.6 is 0 Å². The topological polar surface area (TPSA) is 80.7 Å². The maximum atomic E-state index is 13.1. The fraction of sp³-hybridized carbons (Fsp3) is 0.125. The molecule has 0 amide bonds. The minimum atomic E-state index is -5.17.